The molecule has 2 aromatic carbocycles. The number of rotatable bonds is 7. The van der Waals surface area contributed by atoms with Crippen molar-refractivity contribution in [3.8, 4) is 0 Å². The molecule has 0 atom stereocenters. The fourth-order valence-electron chi connectivity index (χ4n) is 1.96. The van der Waals surface area contributed by atoms with Crippen LogP contribution < -0.4 is 16.3 Å². The Morgan fingerprint density at radius 3 is 1.88 bits per heavy atom. The van der Waals surface area contributed by atoms with Crippen LogP contribution in [0.4, 0.5) is 0 Å². The molecular formula is C19H20BrN2O3P. The summed E-state index contributed by atoms with van der Waals surface area (Å²) in [5.74, 6) is 0.676. The van der Waals surface area contributed by atoms with Crippen LogP contribution >= 0.6 is 24.1 Å². The highest BCUT2D eigenvalue weighted by atomic mass is 79.9. The van der Waals surface area contributed by atoms with E-state index in [-0.39, 0.29) is 6.02 Å². The number of aliphatic imine (C=N–C) groups is 1. The Hall–Kier alpha value is -2.30. The quantitative estimate of drug-likeness (QED) is 0.180. The average molecular weight is 435 g/mol. The third-order valence-corrected chi connectivity index (χ3v) is 5.71. The maximum absolute atomic E-state index is 6.34. The van der Waals surface area contributed by atoms with Gasteiger partial charge in [0.2, 0.25) is 0 Å². The molecular weight excluding hydrogens is 415 g/mol. The summed E-state index contributed by atoms with van der Waals surface area (Å²) in [7, 11) is 1.78. The molecule has 0 aliphatic heterocycles. The van der Waals surface area contributed by atoms with Gasteiger partial charge in [-0.25, -0.2) is 0 Å². The predicted molar refractivity (Wildman–Crippen MR) is 111 cm³/mol. The predicted octanol–water partition coefficient (Wildman–Crippen LogP) is 3.74. The Morgan fingerprint density at radius 2 is 1.46 bits per heavy atom. The smallest absolute Gasteiger partial charge is 0.287 e. The van der Waals surface area contributed by atoms with Crippen LogP contribution in [0.5, 0.6) is 0 Å². The Morgan fingerprint density at radius 1 is 0.962 bits per heavy atom. The third kappa shape index (κ3) is 5.35. The summed E-state index contributed by atoms with van der Waals surface area (Å²) in [6, 6.07) is 19.9. The molecule has 0 heterocycles. The number of nitrogens with two attached hydrogens (primary N) is 1. The van der Waals surface area contributed by atoms with Crippen molar-refractivity contribution in [1.29, 1.82) is 0 Å². The first kappa shape index (κ1) is 20.0. The second-order valence-electron chi connectivity index (χ2n) is 4.96. The number of hydrogen-bond acceptors (Lipinski definition) is 4. The second kappa shape index (κ2) is 10.00. The van der Waals surface area contributed by atoms with Crippen LogP contribution in [-0.4, -0.2) is 20.2 Å². The van der Waals surface area contributed by atoms with Gasteiger partial charge in [-0.2, -0.15) is 4.99 Å². The minimum absolute atomic E-state index is 0.00868. The van der Waals surface area contributed by atoms with Crippen LogP contribution in [0.3, 0.4) is 0 Å². The average Bonchev–Trinajstić information content (AvgIpc) is 2.69. The fourth-order valence-corrected chi connectivity index (χ4v) is 4.33. The van der Waals surface area contributed by atoms with Gasteiger partial charge in [0.15, 0.2) is 24.3 Å². The molecule has 0 amide bonds. The van der Waals surface area contributed by atoms with Crippen molar-refractivity contribution in [1.82, 2.24) is 0 Å². The van der Waals surface area contributed by atoms with Gasteiger partial charge in [-0.1, -0.05) is 67.2 Å². The van der Waals surface area contributed by atoms with Gasteiger partial charge in [-0.15, -0.1) is 0 Å². The van der Waals surface area contributed by atoms with Gasteiger partial charge in [0.05, 0.1) is 14.2 Å². The normalized spacial score (nSPS) is 12.4. The maximum atomic E-state index is 6.34. The van der Waals surface area contributed by atoms with Crippen LogP contribution in [0.1, 0.15) is 0 Å². The number of methoxy groups -OCH3 is 2. The molecule has 0 unspecified atom stereocenters. The molecule has 0 aromatic heterocycles. The van der Waals surface area contributed by atoms with Crippen molar-refractivity contribution >= 4 is 40.7 Å². The minimum Gasteiger partial charge on any atom is -0.493 e. The first-order chi connectivity index (χ1) is 12.6. The standard InChI is InChI=1S/C19H20BrN2O3P/c1-14(23-2)17(18(20)22-19(21)24-3)25-26(15-10-6-4-7-11-15)16-12-8-5-9-13-16/h4-13H,1H2,2-3H3,(H2,21,22)/b18-17+. The molecule has 2 N–H and O–H groups in total. The summed E-state index contributed by atoms with van der Waals surface area (Å²) >= 11 is 3.38. The zero-order chi connectivity index (χ0) is 18.9. The SMILES string of the molecule is C=C(OC)/C(OP(c1ccccc1)c1ccccc1)=C(/Br)N=C(N)OC. The third-order valence-electron chi connectivity index (χ3n) is 3.27. The van der Waals surface area contributed by atoms with Gasteiger partial charge in [0.1, 0.15) is 0 Å². The molecule has 0 spiro atoms. The van der Waals surface area contributed by atoms with Crippen LogP contribution in [0.15, 0.2) is 88.4 Å². The van der Waals surface area contributed by atoms with Crippen LogP contribution in [0.2, 0.25) is 0 Å². The molecule has 0 fully saturated rings. The number of benzene rings is 2. The van der Waals surface area contributed by atoms with E-state index in [4.69, 9.17) is 19.7 Å². The lowest BCUT2D eigenvalue weighted by Gasteiger charge is -2.22. The monoisotopic (exact) mass is 434 g/mol. The van der Waals surface area contributed by atoms with E-state index in [0.717, 1.165) is 10.6 Å². The summed E-state index contributed by atoms with van der Waals surface area (Å²) in [6.45, 7) is 3.89. The molecule has 0 saturated carbocycles. The van der Waals surface area contributed by atoms with Crippen LogP contribution in [0, 0.1) is 0 Å². The topological polar surface area (TPSA) is 66.1 Å². The summed E-state index contributed by atoms with van der Waals surface area (Å²) in [4.78, 5) is 4.12. The van der Waals surface area contributed by atoms with Crippen molar-refractivity contribution in [3.63, 3.8) is 0 Å². The molecule has 136 valence electrons. The van der Waals surface area contributed by atoms with Gasteiger partial charge in [0, 0.05) is 10.6 Å². The molecule has 5 nitrogen and oxygen atoms in total. The molecule has 26 heavy (non-hydrogen) atoms. The van der Waals surface area contributed by atoms with Gasteiger partial charge in [-0.05, 0) is 15.9 Å². The number of amidine groups is 1. The Labute approximate surface area is 163 Å². The highest BCUT2D eigenvalue weighted by Gasteiger charge is 2.22. The Bertz CT molecular complexity index is 755. The number of halogens is 1. The molecule has 0 radical (unpaired) electrons. The number of ether oxygens (including phenoxy) is 2. The minimum atomic E-state index is -1.17. The van der Waals surface area contributed by atoms with Crippen molar-refractivity contribution < 1.29 is 14.0 Å². The lowest BCUT2D eigenvalue weighted by Crippen LogP contribution is -2.16. The summed E-state index contributed by atoms with van der Waals surface area (Å²) in [5, 5.41) is 2.08. The summed E-state index contributed by atoms with van der Waals surface area (Å²) in [6.07, 6.45) is 0. The van der Waals surface area contributed by atoms with Gasteiger partial charge >= 0.3 is 0 Å². The van der Waals surface area contributed by atoms with E-state index in [2.05, 4.69) is 27.5 Å². The molecule has 0 aliphatic carbocycles. The first-order valence-corrected chi connectivity index (χ1v) is 9.71. The fraction of sp³-hybridized carbons (Fsp3) is 0.105. The van der Waals surface area contributed by atoms with E-state index < -0.39 is 8.15 Å². The molecule has 0 bridgehead atoms. The van der Waals surface area contributed by atoms with E-state index in [0.29, 0.717) is 16.1 Å². The van der Waals surface area contributed by atoms with Crippen molar-refractivity contribution in [2.75, 3.05) is 14.2 Å². The summed E-state index contributed by atoms with van der Waals surface area (Å²) < 4.78 is 16.8. The Balaban J connectivity index is 2.50. The molecule has 0 saturated heterocycles. The molecule has 7 heteroatoms. The Kier molecular flexibility index (Phi) is 7.70. The lowest BCUT2D eigenvalue weighted by atomic mass is 10.4. The zero-order valence-corrected chi connectivity index (χ0v) is 17.0. The van der Waals surface area contributed by atoms with Crippen LogP contribution in [0.25, 0.3) is 0 Å². The molecule has 2 aromatic rings. The number of hydrogen-bond donors (Lipinski definition) is 1. The van der Waals surface area contributed by atoms with E-state index >= 15 is 0 Å². The molecule has 0 aliphatic rings. The summed E-state index contributed by atoms with van der Waals surface area (Å²) in [5.41, 5.74) is 5.65. The van der Waals surface area contributed by atoms with E-state index in [1.165, 1.54) is 14.2 Å². The van der Waals surface area contributed by atoms with Crippen LogP contribution in [-0.2, 0) is 14.0 Å². The molecule has 2 rings (SSSR count). The lowest BCUT2D eigenvalue weighted by molar-refractivity contribution is 0.271. The van der Waals surface area contributed by atoms with Crippen molar-refractivity contribution in [2.45, 2.75) is 0 Å². The van der Waals surface area contributed by atoms with Gasteiger partial charge in [0.25, 0.3) is 6.02 Å². The van der Waals surface area contributed by atoms with E-state index in [1.54, 1.807) is 0 Å². The number of nitrogens with zero attached hydrogens (tertiary/aromatic N) is 1. The zero-order valence-electron chi connectivity index (χ0n) is 14.6. The first-order valence-electron chi connectivity index (χ1n) is 7.66. The van der Waals surface area contributed by atoms with E-state index in [1.807, 2.05) is 60.7 Å². The second-order valence-corrected chi connectivity index (χ2v) is 7.51. The maximum Gasteiger partial charge on any atom is 0.287 e. The van der Waals surface area contributed by atoms with E-state index in [9.17, 15) is 0 Å². The highest BCUT2D eigenvalue weighted by molar-refractivity contribution is 9.11. The highest BCUT2D eigenvalue weighted by Crippen LogP contribution is 2.41. The van der Waals surface area contributed by atoms with Crippen molar-refractivity contribution in [2.24, 2.45) is 10.7 Å². The van der Waals surface area contributed by atoms with Crippen molar-refractivity contribution in [3.05, 3.63) is 83.4 Å². The van der Waals surface area contributed by atoms with Gasteiger partial charge in [-0.3, -0.25) is 0 Å². The largest absolute Gasteiger partial charge is 0.493 e. The van der Waals surface area contributed by atoms with Gasteiger partial charge < -0.3 is 19.7 Å².